The van der Waals surface area contributed by atoms with Crippen molar-refractivity contribution in [3.05, 3.63) is 84.2 Å². The Bertz CT molecular complexity index is 1050. The van der Waals surface area contributed by atoms with Gasteiger partial charge in [-0.15, -0.1) is 0 Å². The molecule has 0 aliphatic carbocycles. The molecule has 1 aliphatic rings. The highest BCUT2D eigenvalue weighted by Crippen LogP contribution is 2.26. The monoisotopic (exact) mass is 417 g/mol. The highest BCUT2D eigenvalue weighted by Gasteiger charge is 2.29. The van der Waals surface area contributed by atoms with Gasteiger partial charge in [0.15, 0.2) is 0 Å². The summed E-state index contributed by atoms with van der Waals surface area (Å²) >= 11 is 0. The van der Waals surface area contributed by atoms with Gasteiger partial charge in [0.2, 0.25) is 5.91 Å². The van der Waals surface area contributed by atoms with Gasteiger partial charge in [0.25, 0.3) is 0 Å². The number of anilines is 2. The molecular weight excluding hydrogens is 394 g/mol. The van der Waals surface area contributed by atoms with Gasteiger partial charge in [-0.05, 0) is 54.1 Å². The molecule has 158 valence electrons. The van der Waals surface area contributed by atoms with Gasteiger partial charge in [0.05, 0.1) is 32.2 Å². The van der Waals surface area contributed by atoms with Crippen molar-refractivity contribution in [2.24, 2.45) is 0 Å². The van der Waals surface area contributed by atoms with Crippen molar-refractivity contribution in [2.45, 2.75) is 12.5 Å². The lowest BCUT2D eigenvalue weighted by atomic mass is 10.1. The van der Waals surface area contributed by atoms with Crippen LogP contribution >= 0.6 is 0 Å². The number of esters is 1. The smallest absolute Gasteiger partial charge is 0.337 e. The Hall–Kier alpha value is -3.87. The molecular formula is C24H23N3O4. The van der Waals surface area contributed by atoms with Crippen LogP contribution in [0.1, 0.15) is 15.9 Å². The lowest BCUT2D eigenvalue weighted by molar-refractivity contribution is -0.115. The average molecular weight is 417 g/mol. The summed E-state index contributed by atoms with van der Waals surface area (Å²) in [6.07, 6.45) is 3.71. The first kappa shape index (κ1) is 20.4. The van der Waals surface area contributed by atoms with Crippen LogP contribution in [0.15, 0.2) is 73.1 Å². The van der Waals surface area contributed by atoms with Gasteiger partial charge in [0, 0.05) is 23.8 Å². The Balaban J connectivity index is 1.26. The molecule has 0 unspecified atom stereocenters. The molecule has 0 saturated carbocycles. The second-order valence-electron chi connectivity index (χ2n) is 7.30. The maximum atomic E-state index is 12.2. The van der Waals surface area contributed by atoms with Crippen LogP contribution in [0.25, 0.3) is 0 Å². The summed E-state index contributed by atoms with van der Waals surface area (Å²) in [6.45, 7) is 1.46. The zero-order valence-electron chi connectivity index (χ0n) is 17.2. The number of ether oxygens (including phenoxy) is 2. The number of aromatic nitrogens is 1. The number of pyridine rings is 1. The fraction of sp³-hybridized carbons (Fsp3) is 0.208. The van der Waals surface area contributed by atoms with Gasteiger partial charge in [-0.2, -0.15) is 0 Å². The summed E-state index contributed by atoms with van der Waals surface area (Å²) in [5, 5.41) is 2.88. The molecule has 1 fully saturated rings. The summed E-state index contributed by atoms with van der Waals surface area (Å²) in [6, 6.07) is 18.4. The molecule has 4 rings (SSSR count). The minimum Gasteiger partial charge on any atom is -0.487 e. The van der Waals surface area contributed by atoms with E-state index in [1.807, 2.05) is 54.6 Å². The van der Waals surface area contributed by atoms with Crippen LogP contribution in [0.2, 0.25) is 0 Å². The predicted octanol–water partition coefficient (Wildman–Crippen LogP) is 3.32. The van der Waals surface area contributed by atoms with E-state index in [4.69, 9.17) is 9.47 Å². The highest BCUT2D eigenvalue weighted by molar-refractivity contribution is 5.92. The van der Waals surface area contributed by atoms with Crippen LogP contribution in [-0.2, 0) is 16.0 Å². The van der Waals surface area contributed by atoms with Crippen LogP contribution in [0.3, 0.4) is 0 Å². The zero-order valence-corrected chi connectivity index (χ0v) is 17.2. The van der Waals surface area contributed by atoms with E-state index < -0.39 is 0 Å². The first-order valence-corrected chi connectivity index (χ1v) is 9.99. The number of amides is 1. The number of benzene rings is 2. The minimum atomic E-state index is -0.345. The summed E-state index contributed by atoms with van der Waals surface area (Å²) in [4.78, 5) is 30.0. The van der Waals surface area contributed by atoms with E-state index in [0.717, 1.165) is 35.8 Å². The van der Waals surface area contributed by atoms with Gasteiger partial charge >= 0.3 is 5.97 Å². The van der Waals surface area contributed by atoms with Crippen LogP contribution in [-0.4, -0.2) is 43.2 Å². The number of methoxy groups -OCH3 is 1. The maximum absolute atomic E-state index is 12.2. The third kappa shape index (κ3) is 5.19. The van der Waals surface area contributed by atoms with Crippen molar-refractivity contribution in [1.82, 2.24) is 4.98 Å². The van der Waals surface area contributed by atoms with Crippen molar-refractivity contribution in [1.29, 1.82) is 0 Å². The van der Waals surface area contributed by atoms with E-state index in [1.54, 1.807) is 18.5 Å². The number of carbonyl (C=O) groups excluding carboxylic acids is 2. The van der Waals surface area contributed by atoms with E-state index >= 15 is 0 Å². The Kier molecular flexibility index (Phi) is 6.12. The van der Waals surface area contributed by atoms with Crippen molar-refractivity contribution >= 4 is 23.3 Å². The third-order valence-electron chi connectivity index (χ3n) is 5.01. The van der Waals surface area contributed by atoms with Gasteiger partial charge in [-0.3, -0.25) is 9.78 Å². The van der Waals surface area contributed by atoms with E-state index in [-0.39, 0.29) is 24.4 Å². The molecule has 0 spiro atoms. The van der Waals surface area contributed by atoms with Crippen LogP contribution < -0.4 is 15.0 Å². The largest absolute Gasteiger partial charge is 0.487 e. The summed E-state index contributed by atoms with van der Waals surface area (Å²) < 4.78 is 10.8. The normalized spacial score (nSPS) is 13.3. The standard InChI is InChI=1S/C24H23N3O4/c1-30-24(29)18-5-2-6-20(13-18)27-15-22(16-27)31-21-9-7-19(8-10-21)26-23(28)12-17-4-3-11-25-14-17/h2-11,13-14,22H,12,15-16H2,1H3,(H,26,28). The zero-order chi connectivity index (χ0) is 21.6. The van der Waals surface area contributed by atoms with Gasteiger partial charge in [-0.25, -0.2) is 4.79 Å². The maximum Gasteiger partial charge on any atom is 0.337 e. The lowest BCUT2D eigenvalue weighted by Crippen LogP contribution is -2.54. The number of hydrogen-bond donors (Lipinski definition) is 1. The molecule has 3 aromatic rings. The first-order valence-electron chi connectivity index (χ1n) is 9.99. The molecule has 1 aromatic heterocycles. The van der Waals surface area contributed by atoms with Crippen molar-refractivity contribution in [3.8, 4) is 5.75 Å². The molecule has 1 N–H and O–H groups in total. The number of carbonyl (C=O) groups is 2. The fourth-order valence-corrected chi connectivity index (χ4v) is 3.37. The molecule has 2 aromatic carbocycles. The molecule has 1 aliphatic heterocycles. The topological polar surface area (TPSA) is 80.8 Å². The highest BCUT2D eigenvalue weighted by atomic mass is 16.5. The molecule has 0 radical (unpaired) electrons. The quantitative estimate of drug-likeness (QED) is 0.594. The molecule has 2 heterocycles. The molecule has 31 heavy (non-hydrogen) atoms. The second kappa shape index (κ2) is 9.30. The van der Waals surface area contributed by atoms with Gasteiger partial charge < -0.3 is 19.7 Å². The molecule has 0 atom stereocenters. The predicted molar refractivity (Wildman–Crippen MR) is 117 cm³/mol. The lowest BCUT2D eigenvalue weighted by Gasteiger charge is -2.40. The molecule has 0 bridgehead atoms. The molecule has 7 nitrogen and oxygen atoms in total. The Morgan fingerprint density at radius 2 is 1.90 bits per heavy atom. The minimum absolute atomic E-state index is 0.0628. The van der Waals surface area contributed by atoms with Gasteiger partial charge in [0.1, 0.15) is 11.9 Å². The van der Waals surface area contributed by atoms with E-state index in [9.17, 15) is 9.59 Å². The second-order valence-corrected chi connectivity index (χ2v) is 7.30. The van der Waals surface area contributed by atoms with Crippen LogP contribution in [0.4, 0.5) is 11.4 Å². The Labute approximate surface area is 180 Å². The molecule has 1 saturated heterocycles. The van der Waals surface area contributed by atoms with Crippen molar-refractivity contribution in [2.75, 3.05) is 30.4 Å². The van der Waals surface area contributed by atoms with Crippen LogP contribution in [0, 0.1) is 0 Å². The first-order chi connectivity index (χ1) is 15.1. The fourth-order valence-electron chi connectivity index (χ4n) is 3.37. The molecule has 7 heteroatoms. The van der Waals surface area contributed by atoms with Gasteiger partial charge in [-0.1, -0.05) is 12.1 Å². The summed E-state index contributed by atoms with van der Waals surface area (Å²) in [5.41, 5.74) is 3.09. The SMILES string of the molecule is COC(=O)c1cccc(N2CC(Oc3ccc(NC(=O)Cc4cccnc4)cc3)C2)c1. The van der Waals surface area contributed by atoms with E-state index in [2.05, 4.69) is 15.2 Å². The van der Waals surface area contributed by atoms with E-state index in [1.165, 1.54) is 7.11 Å². The average Bonchev–Trinajstić information content (AvgIpc) is 2.77. The number of rotatable bonds is 7. The summed E-state index contributed by atoms with van der Waals surface area (Å²) in [7, 11) is 1.37. The van der Waals surface area contributed by atoms with E-state index in [0.29, 0.717) is 5.56 Å². The van der Waals surface area contributed by atoms with Crippen molar-refractivity contribution in [3.63, 3.8) is 0 Å². The molecule has 1 amide bonds. The Morgan fingerprint density at radius 1 is 1.10 bits per heavy atom. The third-order valence-corrected chi connectivity index (χ3v) is 5.01. The number of hydrogen-bond acceptors (Lipinski definition) is 6. The Morgan fingerprint density at radius 3 is 2.61 bits per heavy atom. The van der Waals surface area contributed by atoms with Crippen LogP contribution in [0.5, 0.6) is 5.75 Å². The number of nitrogens with one attached hydrogen (secondary N) is 1. The van der Waals surface area contributed by atoms with Crippen molar-refractivity contribution < 1.29 is 19.1 Å². The number of nitrogens with zero attached hydrogens (tertiary/aromatic N) is 2. The summed E-state index contributed by atoms with van der Waals surface area (Å²) in [5.74, 6) is 0.312.